The van der Waals surface area contributed by atoms with Gasteiger partial charge in [0.15, 0.2) is 5.78 Å². The first-order valence-corrected chi connectivity index (χ1v) is 2.90. The van der Waals surface area contributed by atoms with Crippen LogP contribution in [-0.2, 0) is 9.53 Å². The Kier molecular flexibility index (Phi) is 5.12. The van der Waals surface area contributed by atoms with Crippen LogP contribution in [0.4, 0.5) is 0 Å². The van der Waals surface area contributed by atoms with E-state index in [0.717, 1.165) is 0 Å². The van der Waals surface area contributed by atoms with Crippen molar-refractivity contribution in [1.82, 2.24) is 0 Å². The molecule has 0 rings (SSSR count). The number of carbonyl (C=O) groups excluding carboxylic acids is 1. The molecule has 0 fully saturated rings. The molecule has 0 saturated carbocycles. The summed E-state index contributed by atoms with van der Waals surface area (Å²) in [4.78, 5) is 10.3. The molecular weight excluding hydrogens is 128 g/mol. The first kappa shape index (κ1) is 8.73. The van der Waals surface area contributed by atoms with Crippen molar-refractivity contribution in [2.24, 2.45) is 0 Å². The molecule has 0 saturated heterocycles. The van der Waals surface area contributed by atoms with Gasteiger partial charge in [-0.05, 0) is 13.0 Å². The zero-order valence-electron chi connectivity index (χ0n) is 5.96. The van der Waals surface area contributed by atoms with E-state index < -0.39 is 0 Å². The number of rotatable bonds is 4. The Hall–Kier alpha value is -1.27. The van der Waals surface area contributed by atoms with Gasteiger partial charge in [0.1, 0.15) is 6.61 Å². The molecule has 0 aromatic rings. The average Bonchev–Trinajstić information content (AvgIpc) is 1.87. The van der Waals surface area contributed by atoms with Crippen molar-refractivity contribution in [3.63, 3.8) is 0 Å². The highest BCUT2D eigenvalue weighted by Gasteiger charge is 1.79. The van der Waals surface area contributed by atoms with E-state index in [9.17, 15) is 4.79 Å². The van der Waals surface area contributed by atoms with Crippen molar-refractivity contribution in [2.75, 3.05) is 6.61 Å². The van der Waals surface area contributed by atoms with Crippen LogP contribution in [0.1, 0.15) is 6.92 Å². The highest BCUT2D eigenvalue weighted by molar-refractivity contribution is 5.86. The first-order valence-electron chi connectivity index (χ1n) is 2.90. The van der Waals surface area contributed by atoms with Crippen molar-refractivity contribution < 1.29 is 9.53 Å². The predicted octanol–water partition coefficient (Wildman–Crippen LogP) is 1.45. The third-order valence-electron chi connectivity index (χ3n) is 0.723. The minimum atomic E-state index is -0.0254. The Balaban J connectivity index is 3.35. The van der Waals surface area contributed by atoms with Gasteiger partial charge < -0.3 is 4.74 Å². The minimum Gasteiger partial charge on any atom is -0.496 e. The van der Waals surface area contributed by atoms with Crippen LogP contribution in [0.3, 0.4) is 0 Å². The number of ketones is 1. The molecule has 0 aliphatic carbocycles. The number of allylic oxidation sites excluding steroid dienone is 1. The van der Waals surface area contributed by atoms with Gasteiger partial charge in [0.25, 0.3) is 0 Å². The average molecular weight is 138 g/mol. The summed E-state index contributed by atoms with van der Waals surface area (Å²) in [6.45, 7) is 5.21. The van der Waals surface area contributed by atoms with E-state index in [4.69, 9.17) is 4.74 Å². The van der Waals surface area contributed by atoms with E-state index in [0.29, 0.717) is 6.61 Å². The Morgan fingerprint density at radius 3 is 3.00 bits per heavy atom. The summed E-state index contributed by atoms with van der Waals surface area (Å²) in [6, 6.07) is 0. The molecule has 0 bridgehead atoms. The van der Waals surface area contributed by atoms with Gasteiger partial charge in [-0.1, -0.05) is 6.58 Å². The number of carbonyl (C=O) groups is 1. The summed E-state index contributed by atoms with van der Waals surface area (Å²) < 4.78 is 4.83. The van der Waals surface area contributed by atoms with Gasteiger partial charge in [0.2, 0.25) is 0 Å². The smallest absolute Gasteiger partial charge is 0.155 e. The van der Waals surface area contributed by atoms with E-state index in [-0.39, 0.29) is 5.78 Å². The first-order chi connectivity index (χ1) is 4.77. The van der Waals surface area contributed by atoms with E-state index in [1.807, 2.05) is 0 Å². The van der Waals surface area contributed by atoms with Gasteiger partial charge in [-0.15, -0.1) is 5.73 Å². The summed E-state index contributed by atoms with van der Waals surface area (Å²) in [5, 5.41) is 0. The third kappa shape index (κ3) is 6.73. The predicted molar refractivity (Wildman–Crippen MR) is 39.5 cm³/mol. The van der Waals surface area contributed by atoms with Crippen LogP contribution in [0.15, 0.2) is 30.7 Å². The molecule has 0 atom stereocenters. The van der Waals surface area contributed by atoms with Crippen LogP contribution < -0.4 is 0 Å². The molecule has 10 heavy (non-hydrogen) atoms. The molecule has 2 nitrogen and oxygen atoms in total. The lowest BCUT2D eigenvalue weighted by atomic mass is 10.4. The maximum Gasteiger partial charge on any atom is 0.155 e. The van der Waals surface area contributed by atoms with Crippen LogP contribution >= 0.6 is 0 Å². The number of hydrogen-bond acceptors (Lipinski definition) is 2. The van der Waals surface area contributed by atoms with Crippen LogP contribution in [-0.4, -0.2) is 12.4 Å². The molecule has 0 N–H and O–H groups in total. The van der Waals surface area contributed by atoms with E-state index >= 15 is 0 Å². The summed E-state index contributed by atoms with van der Waals surface area (Å²) in [5.74, 6) is -0.0254. The highest BCUT2D eigenvalue weighted by atomic mass is 16.5. The normalized spacial score (nSPS) is 8.90. The molecule has 0 amide bonds. The number of ether oxygens (including phenoxy) is 1. The molecule has 0 radical (unpaired) electrons. The standard InChI is InChI=1S/C8H10O2/c1-3-4-6-10-7-5-8(2)9/h4-5,7H,1,6H2,2H3/b7-5+. The Morgan fingerprint density at radius 2 is 2.50 bits per heavy atom. The molecule has 54 valence electrons. The molecule has 0 aliphatic heterocycles. The van der Waals surface area contributed by atoms with Gasteiger partial charge in [-0.25, -0.2) is 0 Å². The lowest BCUT2D eigenvalue weighted by Gasteiger charge is -1.89. The van der Waals surface area contributed by atoms with Gasteiger partial charge >= 0.3 is 0 Å². The van der Waals surface area contributed by atoms with Gasteiger partial charge in [0, 0.05) is 6.08 Å². The molecule has 2 heteroatoms. The van der Waals surface area contributed by atoms with Crippen LogP contribution in [0.5, 0.6) is 0 Å². The van der Waals surface area contributed by atoms with E-state index in [2.05, 4.69) is 12.3 Å². The van der Waals surface area contributed by atoms with Gasteiger partial charge in [-0.2, -0.15) is 0 Å². The second-order valence-corrected chi connectivity index (χ2v) is 1.65. The Morgan fingerprint density at radius 1 is 1.80 bits per heavy atom. The fraction of sp³-hybridized carbons (Fsp3) is 0.250. The molecule has 0 aromatic carbocycles. The Labute approximate surface area is 60.5 Å². The zero-order chi connectivity index (χ0) is 7.82. The molecule has 0 heterocycles. The largest absolute Gasteiger partial charge is 0.496 e. The topological polar surface area (TPSA) is 26.3 Å². The maximum atomic E-state index is 10.3. The van der Waals surface area contributed by atoms with Crippen molar-refractivity contribution >= 4 is 5.78 Å². The third-order valence-corrected chi connectivity index (χ3v) is 0.723. The second-order valence-electron chi connectivity index (χ2n) is 1.65. The lowest BCUT2D eigenvalue weighted by molar-refractivity contribution is -0.112. The van der Waals surface area contributed by atoms with Gasteiger partial charge in [0.05, 0.1) is 6.26 Å². The fourth-order valence-electron chi connectivity index (χ4n) is 0.307. The van der Waals surface area contributed by atoms with Crippen molar-refractivity contribution in [2.45, 2.75) is 6.92 Å². The summed E-state index contributed by atoms with van der Waals surface area (Å²) in [7, 11) is 0. The lowest BCUT2D eigenvalue weighted by Crippen LogP contribution is -1.83. The van der Waals surface area contributed by atoms with Crippen LogP contribution in [0.25, 0.3) is 0 Å². The number of hydrogen-bond donors (Lipinski definition) is 0. The van der Waals surface area contributed by atoms with Crippen molar-refractivity contribution in [3.05, 3.63) is 30.7 Å². The molecule has 0 spiro atoms. The SMILES string of the molecule is C=C=CCO/C=C/C(C)=O. The zero-order valence-corrected chi connectivity index (χ0v) is 5.96. The highest BCUT2D eigenvalue weighted by Crippen LogP contribution is 1.79. The summed E-state index contributed by atoms with van der Waals surface area (Å²) in [6.07, 6.45) is 4.34. The summed E-state index contributed by atoms with van der Waals surface area (Å²) in [5.41, 5.74) is 2.54. The second kappa shape index (κ2) is 5.86. The van der Waals surface area contributed by atoms with Crippen molar-refractivity contribution in [3.8, 4) is 0 Å². The quantitative estimate of drug-likeness (QED) is 0.254. The molecule has 0 aliphatic rings. The van der Waals surface area contributed by atoms with Crippen molar-refractivity contribution in [1.29, 1.82) is 0 Å². The molecule has 0 aromatic heterocycles. The summed E-state index contributed by atoms with van der Waals surface area (Å²) >= 11 is 0. The Bertz CT molecular complexity index is 174. The van der Waals surface area contributed by atoms with Crippen LogP contribution in [0.2, 0.25) is 0 Å². The van der Waals surface area contributed by atoms with E-state index in [1.54, 1.807) is 6.08 Å². The molecular formula is C8H10O2. The maximum absolute atomic E-state index is 10.3. The van der Waals surface area contributed by atoms with E-state index in [1.165, 1.54) is 19.3 Å². The molecule has 0 unspecified atom stereocenters. The minimum absolute atomic E-state index is 0.0254. The fourth-order valence-corrected chi connectivity index (χ4v) is 0.307. The van der Waals surface area contributed by atoms with Crippen LogP contribution in [0, 0.1) is 0 Å². The monoisotopic (exact) mass is 138 g/mol. The van der Waals surface area contributed by atoms with Gasteiger partial charge in [-0.3, -0.25) is 4.79 Å².